The van der Waals surface area contributed by atoms with Gasteiger partial charge in [-0.3, -0.25) is 10.2 Å². The molecule has 6 nitrogen and oxygen atoms in total. The maximum atomic E-state index is 13.5. The van der Waals surface area contributed by atoms with E-state index in [2.05, 4.69) is 4.98 Å². The van der Waals surface area contributed by atoms with E-state index in [9.17, 15) is 27.2 Å². The monoisotopic (exact) mass is 323 g/mol. The van der Waals surface area contributed by atoms with E-state index >= 15 is 0 Å². The third kappa shape index (κ3) is 5.19. The number of hydrogen-bond acceptors (Lipinski definition) is 4. The third-order valence-electron chi connectivity index (χ3n) is 2.06. The average molecular weight is 323 g/mol. The lowest BCUT2D eigenvalue weighted by Crippen LogP contribution is -2.44. The number of aromatic nitrogens is 1. The second-order valence-electron chi connectivity index (χ2n) is 5.13. The molecule has 0 aliphatic heterocycles. The van der Waals surface area contributed by atoms with Crippen molar-refractivity contribution in [2.75, 3.05) is 0 Å². The van der Waals surface area contributed by atoms with Crippen molar-refractivity contribution in [3.8, 4) is 0 Å². The molecule has 0 fully saturated rings. The lowest BCUT2D eigenvalue weighted by Gasteiger charge is -2.19. The van der Waals surface area contributed by atoms with Gasteiger partial charge in [-0.15, -0.1) is 0 Å². The summed E-state index contributed by atoms with van der Waals surface area (Å²) in [6.07, 6.45) is -5.49. The Kier molecular flexibility index (Phi) is 4.94. The van der Waals surface area contributed by atoms with Crippen molar-refractivity contribution in [3.63, 3.8) is 0 Å². The zero-order valence-corrected chi connectivity index (χ0v) is 11.8. The molecule has 0 aliphatic carbocycles. The molecule has 122 valence electrons. The molecule has 0 saturated carbocycles. The smallest absolute Gasteiger partial charge is 0.426 e. The van der Waals surface area contributed by atoms with Crippen molar-refractivity contribution in [2.24, 2.45) is 0 Å². The van der Waals surface area contributed by atoms with Crippen LogP contribution < -0.4 is 10.9 Å². The molecule has 0 radical (unpaired) electrons. The average Bonchev–Trinajstić information content (AvgIpc) is 2.32. The first-order valence-electron chi connectivity index (χ1n) is 5.92. The Balaban J connectivity index is 2.73. The largest absolute Gasteiger partial charge is 0.443 e. The normalized spacial score (nSPS) is 11.8. The van der Waals surface area contributed by atoms with Crippen LogP contribution in [0.1, 0.15) is 36.8 Å². The van der Waals surface area contributed by atoms with Gasteiger partial charge in [0, 0.05) is 6.20 Å². The quantitative estimate of drug-likeness (QED) is 0.614. The number of nitrogens with zero attached hydrogens (tertiary/aromatic N) is 1. The van der Waals surface area contributed by atoms with Crippen molar-refractivity contribution >= 4 is 12.0 Å². The van der Waals surface area contributed by atoms with Crippen LogP contribution in [0.4, 0.5) is 22.4 Å². The summed E-state index contributed by atoms with van der Waals surface area (Å²) in [5, 5.41) is 0. The van der Waals surface area contributed by atoms with Crippen LogP contribution in [0, 0.1) is 5.82 Å². The second-order valence-corrected chi connectivity index (χ2v) is 5.13. The number of nitrogens with one attached hydrogen (secondary N) is 2. The predicted octanol–water partition coefficient (Wildman–Crippen LogP) is 2.41. The Bertz CT molecular complexity index is 582. The van der Waals surface area contributed by atoms with Crippen LogP contribution >= 0.6 is 0 Å². The van der Waals surface area contributed by atoms with Gasteiger partial charge in [0.1, 0.15) is 5.60 Å². The van der Waals surface area contributed by atoms with E-state index in [1.54, 1.807) is 26.2 Å². The zero-order chi connectivity index (χ0) is 17.1. The summed E-state index contributed by atoms with van der Waals surface area (Å²) in [4.78, 5) is 25.9. The van der Waals surface area contributed by atoms with E-state index in [4.69, 9.17) is 4.74 Å². The highest BCUT2D eigenvalue weighted by molar-refractivity contribution is 5.93. The molecule has 0 atom stereocenters. The summed E-state index contributed by atoms with van der Waals surface area (Å²) < 4.78 is 55.2. The molecule has 0 unspecified atom stereocenters. The molecular formula is C12H13F4N3O3. The highest BCUT2D eigenvalue weighted by Crippen LogP contribution is 2.29. The number of halogens is 4. The number of pyridine rings is 1. The summed E-state index contributed by atoms with van der Waals surface area (Å²) in [6.45, 7) is 4.72. The zero-order valence-electron chi connectivity index (χ0n) is 11.8. The number of hydrogen-bond donors (Lipinski definition) is 2. The lowest BCUT2D eigenvalue weighted by atomic mass is 10.2. The summed E-state index contributed by atoms with van der Waals surface area (Å²) in [5.41, 5.74) is 0.536. The van der Waals surface area contributed by atoms with Crippen LogP contribution in [0.3, 0.4) is 0 Å². The Morgan fingerprint density at radius 3 is 2.23 bits per heavy atom. The summed E-state index contributed by atoms with van der Waals surface area (Å²) in [5.74, 6) is -2.70. The van der Waals surface area contributed by atoms with Crippen LogP contribution in [-0.2, 0) is 10.9 Å². The maximum absolute atomic E-state index is 13.5. The van der Waals surface area contributed by atoms with Crippen molar-refractivity contribution < 1.29 is 31.9 Å². The third-order valence-corrected chi connectivity index (χ3v) is 2.06. The number of carbonyl (C=O) groups is 2. The van der Waals surface area contributed by atoms with Crippen molar-refractivity contribution in [2.45, 2.75) is 32.5 Å². The van der Waals surface area contributed by atoms with Gasteiger partial charge in [-0.25, -0.2) is 19.6 Å². The summed E-state index contributed by atoms with van der Waals surface area (Å²) in [6, 6.07) is 0.134. The van der Waals surface area contributed by atoms with Crippen LogP contribution in [0.25, 0.3) is 0 Å². The fraction of sp³-hybridized carbons (Fsp3) is 0.417. The van der Waals surface area contributed by atoms with Gasteiger partial charge in [0.25, 0.3) is 5.91 Å². The fourth-order valence-electron chi connectivity index (χ4n) is 1.23. The standard InChI is InChI=1S/C12H13F4N3O3/c1-11(2,3)22-10(21)19-18-9(20)8-7(13)4-6(5-17-8)12(14,15)16/h4-5H,1-3H3,(H,18,20)(H,19,21). The van der Waals surface area contributed by atoms with Gasteiger partial charge in [-0.05, 0) is 26.8 Å². The summed E-state index contributed by atoms with van der Waals surface area (Å²) in [7, 11) is 0. The molecule has 1 heterocycles. The van der Waals surface area contributed by atoms with Crippen LogP contribution in [0.2, 0.25) is 0 Å². The molecule has 22 heavy (non-hydrogen) atoms. The molecule has 0 spiro atoms. The first-order valence-corrected chi connectivity index (χ1v) is 5.92. The molecule has 1 aromatic heterocycles. The number of rotatable bonds is 1. The fourth-order valence-corrected chi connectivity index (χ4v) is 1.23. The molecule has 0 aliphatic rings. The van der Waals surface area contributed by atoms with Gasteiger partial charge in [0.15, 0.2) is 11.5 Å². The van der Waals surface area contributed by atoms with E-state index in [0.29, 0.717) is 6.20 Å². The first-order chi connectivity index (χ1) is 9.90. The van der Waals surface area contributed by atoms with Crippen molar-refractivity contribution in [1.82, 2.24) is 15.8 Å². The minimum Gasteiger partial charge on any atom is -0.443 e. The van der Waals surface area contributed by atoms with E-state index in [1.165, 1.54) is 0 Å². The van der Waals surface area contributed by atoms with Gasteiger partial charge in [-0.1, -0.05) is 0 Å². The van der Waals surface area contributed by atoms with Gasteiger partial charge in [0.05, 0.1) is 5.56 Å². The Hall–Kier alpha value is -2.39. The van der Waals surface area contributed by atoms with E-state index in [-0.39, 0.29) is 6.07 Å². The summed E-state index contributed by atoms with van der Waals surface area (Å²) >= 11 is 0. The highest BCUT2D eigenvalue weighted by Gasteiger charge is 2.32. The van der Waals surface area contributed by atoms with Gasteiger partial charge < -0.3 is 4.74 Å². The Morgan fingerprint density at radius 1 is 1.18 bits per heavy atom. The number of carbonyl (C=O) groups excluding carboxylic acids is 2. The predicted molar refractivity (Wildman–Crippen MR) is 66.0 cm³/mol. The molecular weight excluding hydrogens is 310 g/mol. The van der Waals surface area contributed by atoms with Gasteiger partial charge in [-0.2, -0.15) is 13.2 Å². The second kappa shape index (κ2) is 6.16. The SMILES string of the molecule is CC(C)(C)OC(=O)NNC(=O)c1ncc(C(F)(F)F)cc1F. The van der Waals surface area contributed by atoms with Gasteiger partial charge >= 0.3 is 12.3 Å². The number of hydrazine groups is 1. The topological polar surface area (TPSA) is 80.3 Å². The van der Waals surface area contributed by atoms with E-state index < -0.39 is 40.9 Å². The molecule has 0 aromatic carbocycles. The molecule has 1 aromatic rings. The molecule has 0 saturated heterocycles. The molecule has 2 amide bonds. The molecule has 2 N–H and O–H groups in total. The van der Waals surface area contributed by atoms with E-state index in [1.807, 2.05) is 5.43 Å². The van der Waals surface area contributed by atoms with E-state index in [0.717, 1.165) is 0 Å². The maximum Gasteiger partial charge on any atom is 0.426 e. The van der Waals surface area contributed by atoms with Gasteiger partial charge in [0.2, 0.25) is 0 Å². The number of ether oxygens (including phenoxy) is 1. The van der Waals surface area contributed by atoms with Crippen LogP contribution in [-0.4, -0.2) is 22.6 Å². The van der Waals surface area contributed by atoms with Crippen LogP contribution in [0.5, 0.6) is 0 Å². The first kappa shape index (κ1) is 17.7. The minimum atomic E-state index is -4.78. The highest BCUT2D eigenvalue weighted by atomic mass is 19.4. The van der Waals surface area contributed by atoms with Crippen molar-refractivity contribution in [3.05, 3.63) is 29.3 Å². The molecule has 1 rings (SSSR count). The molecule has 0 bridgehead atoms. The minimum absolute atomic E-state index is 0.134. The Labute approximate surface area is 122 Å². The Morgan fingerprint density at radius 2 is 1.77 bits per heavy atom. The number of amides is 2. The molecule has 10 heteroatoms. The number of alkyl halides is 3. The lowest BCUT2D eigenvalue weighted by molar-refractivity contribution is -0.138. The van der Waals surface area contributed by atoms with Crippen LogP contribution in [0.15, 0.2) is 12.3 Å². The van der Waals surface area contributed by atoms with Crippen molar-refractivity contribution in [1.29, 1.82) is 0 Å².